The zero-order valence-electron chi connectivity index (χ0n) is 9.67. The first kappa shape index (κ1) is 12.0. The van der Waals surface area contributed by atoms with Gasteiger partial charge in [-0.15, -0.1) is 0 Å². The van der Waals surface area contributed by atoms with Crippen molar-refractivity contribution in [3.05, 3.63) is 23.8 Å². The zero-order valence-corrected chi connectivity index (χ0v) is 9.67. The van der Waals surface area contributed by atoms with E-state index in [0.29, 0.717) is 12.1 Å². The Bertz CT molecular complexity index is 501. The van der Waals surface area contributed by atoms with Crippen LogP contribution in [-0.4, -0.2) is 35.9 Å². The van der Waals surface area contributed by atoms with E-state index in [0.717, 1.165) is 0 Å². The van der Waals surface area contributed by atoms with Gasteiger partial charge in [-0.05, 0) is 6.07 Å². The van der Waals surface area contributed by atoms with Crippen LogP contribution in [0, 0.1) is 0 Å². The molecule has 0 aliphatic carbocycles. The number of hydrogen-bond donors (Lipinski definition) is 4. The van der Waals surface area contributed by atoms with Gasteiger partial charge in [0.1, 0.15) is 0 Å². The van der Waals surface area contributed by atoms with Gasteiger partial charge >= 0.3 is 6.09 Å². The van der Waals surface area contributed by atoms with Crippen molar-refractivity contribution < 1.29 is 19.7 Å². The first-order valence-electron chi connectivity index (χ1n) is 5.29. The molecule has 0 saturated heterocycles. The first-order chi connectivity index (χ1) is 8.61. The number of aromatic hydroxyl groups is 2. The number of rotatable bonds is 1. The number of phenolic OH excluding ortho intramolecular Hbond substituents is 2. The third-order valence-electron chi connectivity index (χ3n) is 2.56. The number of aliphatic imine (C=N–C) groups is 1. The second-order valence-electron chi connectivity index (χ2n) is 3.71. The van der Waals surface area contributed by atoms with Gasteiger partial charge < -0.3 is 20.3 Å². The molecule has 0 saturated carbocycles. The fourth-order valence-electron chi connectivity index (χ4n) is 1.66. The monoisotopic (exact) mass is 251 g/mol. The third kappa shape index (κ3) is 2.29. The highest BCUT2D eigenvalue weighted by atomic mass is 16.5. The van der Waals surface area contributed by atoms with Crippen LogP contribution in [0.25, 0.3) is 0 Å². The summed E-state index contributed by atoms with van der Waals surface area (Å²) in [5.74, 6) is -0.126. The maximum absolute atomic E-state index is 11.0. The molecule has 1 amide bonds. The van der Waals surface area contributed by atoms with Gasteiger partial charge in [-0.1, -0.05) is 12.1 Å². The van der Waals surface area contributed by atoms with Crippen LogP contribution < -0.4 is 10.6 Å². The Hall–Kier alpha value is -2.44. The van der Waals surface area contributed by atoms with Crippen LogP contribution in [0.15, 0.2) is 23.2 Å². The summed E-state index contributed by atoms with van der Waals surface area (Å²) < 4.78 is 4.44. The van der Waals surface area contributed by atoms with E-state index in [1.807, 2.05) is 0 Å². The molecule has 0 radical (unpaired) electrons. The van der Waals surface area contributed by atoms with E-state index in [9.17, 15) is 15.0 Å². The molecule has 0 bridgehead atoms. The summed E-state index contributed by atoms with van der Waals surface area (Å²) in [4.78, 5) is 15.2. The van der Waals surface area contributed by atoms with Crippen LogP contribution in [0.3, 0.4) is 0 Å². The third-order valence-corrected chi connectivity index (χ3v) is 2.56. The van der Waals surface area contributed by atoms with Crippen molar-refractivity contribution in [3.8, 4) is 11.5 Å². The summed E-state index contributed by atoms with van der Waals surface area (Å²) in [6.45, 7) is 0.413. The number of nitrogens with one attached hydrogen (secondary N) is 2. The number of nitrogens with zero attached hydrogens (tertiary/aromatic N) is 1. The van der Waals surface area contributed by atoms with E-state index in [1.165, 1.54) is 13.2 Å². The number of carbonyl (C=O) groups excluding carboxylic acids is 1. The lowest BCUT2D eigenvalue weighted by molar-refractivity contribution is 0.176. The number of carbonyl (C=O) groups is 1. The fourth-order valence-corrected chi connectivity index (χ4v) is 1.66. The standard InChI is InChI=1S/C11H13N3O4/c1-18-11(17)14-10-12-5-7(13-10)6-3-2-4-8(15)9(6)16/h2-4,7,15-16H,5H2,1H3,(H2,12,13,14,17). The predicted molar refractivity (Wildman–Crippen MR) is 63.5 cm³/mol. The maximum Gasteiger partial charge on any atom is 0.413 e. The molecule has 18 heavy (non-hydrogen) atoms. The molecule has 0 aromatic heterocycles. The summed E-state index contributed by atoms with van der Waals surface area (Å²) in [6.07, 6.45) is -0.623. The van der Waals surface area contributed by atoms with E-state index in [2.05, 4.69) is 20.4 Å². The molecule has 1 aliphatic rings. The van der Waals surface area contributed by atoms with E-state index in [1.54, 1.807) is 12.1 Å². The smallest absolute Gasteiger partial charge is 0.413 e. The molecule has 0 spiro atoms. The van der Waals surface area contributed by atoms with Crippen LogP contribution in [-0.2, 0) is 4.74 Å². The Morgan fingerprint density at radius 1 is 1.56 bits per heavy atom. The Balaban J connectivity index is 2.16. The Morgan fingerprint density at radius 2 is 2.33 bits per heavy atom. The molecule has 1 unspecified atom stereocenters. The van der Waals surface area contributed by atoms with Gasteiger partial charge in [0.05, 0.1) is 13.2 Å². The summed E-state index contributed by atoms with van der Waals surface area (Å²) in [6, 6.07) is 4.29. The number of amides is 1. The summed E-state index contributed by atoms with van der Waals surface area (Å²) >= 11 is 0. The minimum Gasteiger partial charge on any atom is -0.504 e. The van der Waals surface area contributed by atoms with Gasteiger partial charge in [0.2, 0.25) is 5.96 Å². The average molecular weight is 251 g/mol. The quantitative estimate of drug-likeness (QED) is 0.543. The van der Waals surface area contributed by atoms with Crippen molar-refractivity contribution in [2.45, 2.75) is 6.04 Å². The van der Waals surface area contributed by atoms with Crippen LogP contribution >= 0.6 is 0 Å². The molecule has 1 heterocycles. The summed E-state index contributed by atoms with van der Waals surface area (Å²) in [5.41, 5.74) is 0.490. The van der Waals surface area contributed by atoms with Crippen molar-refractivity contribution in [3.63, 3.8) is 0 Å². The van der Waals surface area contributed by atoms with E-state index >= 15 is 0 Å². The topological polar surface area (TPSA) is 103 Å². The fraction of sp³-hybridized carbons (Fsp3) is 0.273. The minimum atomic E-state index is -0.623. The van der Waals surface area contributed by atoms with Gasteiger partial charge in [0.25, 0.3) is 0 Å². The lowest BCUT2D eigenvalue weighted by atomic mass is 10.1. The van der Waals surface area contributed by atoms with Crippen LogP contribution in [0.4, 0.5) is 4.79 Å². The van der Waals surface area contributed by atoms with Gasteiger partial charge in [-0.3, -0.25) is 5.32 Å². The van der Waals surface area contributed by atoms with E-state index in [-0.39, 0.29) is 23.5 Å². The summed E-state index contributed by atoms with van der Waals surface area (Å²) in [5, 5.41) is 24.4. The highest BCUT2D eigenvalue weighted by molar-refractivity contribution is 5.94. The minimum absolute atomic E-state index is 0.197. The molecular weight excluding hydrogens is 238 g/mol. The molecule has 1 atom stereocenters. The number of alkyl carbamates (subject to hydrolysis) is 1. The summed E-state index contributed by atoms with van der Waals surface area (Å²) in [7, 11) is 1.25. The molecule has 0 fully saturated rings. The molecule has 1 aliphatic heterocycles. The van der Waals surface area contributed by atoms with Crippen molar-refractivity contribution >= 4 is 12.1 Å². The van der Waals surface area contributed by atoms with E-state index < -0.39 is 6.09 Å². The number of para-hydroxylation sites is 1. The number of methoxy groups -OCH3 is 1. The molecular formula is C11H13N3O4. The first-order valence-corrected chi connectivity index (χ1v) is 5.29. The van der Waals surface area contributed by atoms with Gasteiger partial charge in [0, 0.05) is 12.1 Å². The maximum atomic E-state index is 11.0. The lowest BCUT2D eigenvalue weighted by Gasteiger charge is -2.09. The molecule has 96 valence electrons. The van der Waals surface area contributed by atoms with Crippen molar-refractivity contribution in [1.82, 2.24) is 10.6 Å². The Labute approximate surface area is 103 Å². The molecule has 4 N–H and O–H groups in total. The normalized spacial score (nSPS) is 17.8. The Kier molecular flexibility index (Phi) is 3.22. The van der Waals surface area contributed by atoms with Gasteiger partial charge in [-0.25, -0.2) is 9.79 Å². The molecule has 7 heteroatoms. The second-order valence-corrected chi connectivity index (χ2v) is 3.71. The van der Waals surface area contributed by atoms with Crippen molar-refractivity contribution in [2.24, 2.45) is 4.99 Å². The Morgan fingerprint density at radius 3 is 3.06 bits per heavy atom. The number of hydrogen-bond acceptors (Lipinski definition) is 6. The van der Waals surface area contributed by atoms with E-state index in [4.69, 9.17) is 0 Å². The lowest BCUT2D eigenvalue weighted by Crippen LogP contribution is -2.37. The predicted octanol–water partition coefficient (Wildman–Crippen LogP) is 0.454. The van der Waals surface area contributed by atoms with Crippen LogP contribution in [0.2, 0.25) is 0 Å². The van der Waals surface area contributed by atoms with Gasteiger partial charge in [0.15, 0.2) is 11.5 Å². The van der Waals surface area contributed by atoms with Crippen LogP contribution in [0.1, 0.15) is 11.6 Å². The molecule has 2 rings (SSSR count). The largest absolute Gasteiger partial charge is 0.504 e. The van der Waals surface area contributed by atoms with Crippen molar-refractivity contribution in [2.75, 3.05) is 13.7 Å². The zero-order chi connectivity index (χ0) is 13.1. The van der Waals surface area contributed by atoms with Gasteiger partial charge in [-0.2, -0.15) is 0 Å². The number of benzene rings is 1. The van der Waals surface area contributed by atoms with Crippen LogP contribution in [0.5, 0.6) is 11.5 Å². The molecule has 7 nitrogen and oxygen atoms in total. The molecule has 1 aromatic rings. The second kappa shape index (κ2) is 4.82. The highest BCUT2D eigenvalue weighted by Gasteiger charge is 2.23. The average Bonchev–Trinajstić information content (AvgIpc) is 2.80. The molecule has 1 aromatic carbocycles. The number of guanidine groups is 1. The van der Waals surface area contributed by atoms with Crippen molar-refractivity contribution in [1.29, 1.82) is 0 Å². The SMILES string of the molecule is COC(=O)NC1=NC(c2cccc(O)c2O)CN1. The number of ether oxygens (including phenoxy) is 1. The number of phenols is 2. The highest BCUT2D eigenvalue weighted by Crippen LogP contribution is 2.34.